The van der Waals surface area contributed by atoms with Crippen molar-refractivity contribution in [2.24, 2.45) is 5.41 Å². The standard InChI is InChI=1S/C15H23F3N2/c1-12-8-13(15(16,17)18)10-14(2,9-12)11-20-6-4-19(3)5-7-20/h8,10H,4-7,9,11H2,1-3H3. The lowest BCUT2D eigenvalue weighted by Gasteiger charge is -2.40. The lowest BCUT2D eigenvalue weighted by molar-refractivity contribution is -0.0897. The third kappa shape index (κ3) is 3.85. The zero-order valence-corrected chi connectivity index (χ0v) is 12.4. The maximum Gasteiger partial charge on any atom is 0.416 e. The molecule has 1 unspecified atom stereocenters. The lowest BCUT2D eigenvalue weighted by atomic mass is 9.77. The quantitative estimate of drug-likeness (QED) is 0.770. The van der Waals surface area contributed by atoms with Crippen LogP contribution in [0.1, 0.15) is 20.3 Å². The van der Waals surface area contributed by atoms with Crippen LogP contribution in [0.25, 0.3) is 0 Å². The summed E-state index contributed by atoms with van der Waals surface area (Å²) >= 11 is 0. The number of piperazine rings is 1. The predicted molar refractivity (Wildman–Crippen MR) is 74.6 cm³/mol. The van der Waals surface area contributed by atoms with Gasteiger partial charge in [0.05, 0.1) is 5.57 Å². The molecule has 0 aromatic heterocycles. The highest BCUT2D eigenvalue weighted by atomic mass is 19.4. The van der Waals surface area contributed by atoms with Gasteiger partial charge in [-0.2, -0.15) is 13.2 Å². The van der Waals surface area contributed by atoms with Crippen molar-refractivity contribution in [2.75, 3.05) is 39.8 Å². The summed E-state index contributed by atoms with van der Waals surface area (Å²) in [5.41, 5.74) is -0.0890. The van der Waals surface area contributed by atoms with Crippen LogP contribution in [0.15, 0.2) is 23.3 Å². The lowest BCUT2D eigenvalue weighted by Crippen LogP contribution is -2.48. The van der Waals surface area contributed by atoms with Crippen molar-refractivity contribution in [1.82, 2.24) is 9.80 Å². The Hall–Kier alpha value is -0.810. The molecular weight excluding hydrogens is 265 g/mol. The van der Waals surface area contributed by atoms with Crippen molar-refractivity contribution < 1.29 is 13.2 Å². The Morgan fingerprint density at radius 1 is 1.20 bits per heavy atom. The fraction of sp³-hybridized carbons (Fsp3) is 0.733. The van der Waals surface area contributed by atoms with E-state index in [9.17, 15) is 13.2 Å². The van der Waals surface area contributed by atoms with Gasteiger partial charge in [0, 0.05) is 38.1 Å². The number of hydrogen-bond acceptors (Lipinski definition) is 2. The van der Waals surface area contributed by atoms with E-state index in [0.29, 0.717) is 13.0 Å². The van der Waals surface area contributed by atoms with Crippen LogP contribution in [0.4, 0.5) is 13.2 Å². The van der Waals surface area contributed by atoms with E-state index in [2.05, 4.69) is 16.8 Å². The Morgan fingerprint density at radius 2 is 1.80 bits per heavy atom. The summed E-state index contributed by atoms with van der Waals surface area (Å²) in [5, 5.41) is 0. The highest BCUT2D eigenvalue weighted by Gasteiger charge is 2.38. The van der Waals surface area contributed by atoms with Gasteiger partial charge in [0.25, 0.3) is 0 Å². The molecule has 0 aromatic carbocycles. The van der Waals surface area contributed by atoms with Gasteiger partial charge in [-0.05, 0) is 20.4 Å². The number of nitrogens with zero attached hydrogens (tertiary/aromatic N) is 2. The molecule has 1 atom stereocenters. The molecule has 0 aromatic rings. The number of halogens is 3. The summed E-state index contributed by atoms with van der Waals surface area (Å²) in [4.78, 5) is 4.53. The number of rotatable bonds is 2. The van der Waals surface area contributed by atoms with Crippen LogP contribution in [-0.4, -0.2) is 55.7 Å². The largest absolute Gasteiger partial charge is 0.416 e. The van der Waals surface area contributed by atoms with E-state index < -0.39 is 17.2 Å². The molecule has 0 N–H and O–H groups in total. The van der Waals surface area contributed by atoms with E-state index in [1.165, 1.54) is 12.2 Å². The molecular formula is C15H23F3N2. The summed E-state index contributed by atoms with van der Waals surface area (Å²) in [6, 6.07) is 0. The highest BCUT2D eigenvalue weighted by Crippen LogP contribution is 2.40. The predicted octanol–water partition coefficient (Wildman–Crippen LogP) is 3.08. The molecule has 0 spiro atoms. The number of allylic oxidation sites excluding steroid dienone is 3. The zero-order chi connectivity index (χ0) is 15.0. The van der Waals surface area contributed by atoms with E-state index in [-0.39, 0.29) is 0 Å². The summed E-state index contributed by atoms with van der Waals surface area (Å²) in [7, 11) is 2.08. The maximum atomic E-state index is 13.0. The average molecular weight is 288 g/mol. The normalized spacial score (nSPS) is 30.1. The van der Waals surface area contributed by atoms with E-state index in [0.717, 1.165) is 31.8 Å². The minimum Gasteiger partial charge on any atom is -0.304 e. The molecule has 0 saturated carbocycles. The Labute approximate surface area is 118 Å². The zero-order valence-electron chi connectivity index (χ0n) is 12.4. The first kappa shape index (κ1) is 15.6. The average Bonchev–Trinajstić information content (AvgIpc) is 2.29. The van der Waals surface area contributed by atoms with Crippen LogP contribution < -0.4 is 0 Å². The molecule has 1 fully saturated rings. The first-order chi connectivity index (χ1) is 9.18. The van der Waals surface area contributed by atoms with Crippen molar-refractivity contribution in [3.63, 3.8) is 0 Å². The van der Waals surface area contributed by atoms with E-state index >= 15 is 0 Å². The Morgan fingerprint density at radius 3 is 2.35 bits per heavy atom. The molecule has 2 aliphatic rings. The second-order valence-electron chi connectivity index (χ2n) is 6.50. The fourth-order valence-electron chi connectivity index (χ4n) is 3.20. The van der Waals surface area contributed by atoms with Crippen molar-refractivity contribution in [1.29, 1.82) is 0 Å². The van der Waals surface area contributed by atoms with E-state index in [1.807, 2.05) is 6.92 Å². The molecule has 5 heteroatoms. The SMILES string of the molecule is CC1=CC(C(F)(F)F)=CC(C)(CN2CCN(C)CC2)C1. The Bertz CT molecular complexity index is 417. The van der Waals surface area contributed by atoms with Crippen LogP contribution in [0, 0.1) is 5.41 Å². The molecule has 114 valence electrons. The summed E-state index contributed by atoms with van der Waals surface area (Å²) in [6.45, 7) is 8.27. The smallest absolute Gasteiger partial charge is 0.304 e. The second-order valence-corrected chi connectivity index (χ2v) is 6.50. The topological polar surface area (TPSA) is 6.48 Å². The van der Waals surface area contributed by atoms with Crippen molar-refractivity contribution >= 4 is 0 Å². The van der Waals surface area contributed by atoms with Gasteiger partial charge in [-0.15, -0.1) is 0 Å². The van der Waals surface area contributed by atoms with Crippen molar-refractivity contribution in [3.05, 3.63) is 23.3 Å². The van der Waals surface area contributed by atoms with Gasteiger partial charge in [0.15, 0.2) is 0 Å². The molecule has 1 saturated heterocycles. The summed E-state index contributed by atoms with van der Waals surface area (Å²) < 4.78 is 38.9. The minimum atomic E-state index is -4.24. The van der Waals surface area contributed by atoms with Crippen LogP contribution in [-0.2, 0) is 0 Å². The number of alkyl halides is 3. The molecule has 2 rings (SSSR count). The van der Waals surface area contributed by atoms with Gasteiger partial charge >= 0.3 is 6.18 Å². The molecule has 0 bridgehead atoms. The van der Waals surface area contributed by atoms with E-state index in [1.54, 1.807) is 6.92 Å². The van der Waals surface area contributed by atoms with Gasteiger partial charge in [-0.25, -0.2) is 0 Å². The monoisotopic (exact) mass is 288 g/mol. The molecule has 1 aliphatic carbocycles. The molecule has 0 amide bonds. The van der Waals surface area contributed by atoms with Crippen molar-refractivity contribution in [2.45, 2.75) is 26.4 Å². The van der Waals surface area contributed by atoms with Crippen molar-refractivity contribution in [3.8, 4) is 0 Å². The minimum absolute atomic E-state index is 0.417. The maximum absolute atomic E-state index is 13.0. The molecule has 1 aliphatic heterocycles. The highest BCUT2D eigenvalue weighted by molar-refractivity contribution is 5.34. The van der Waals surface area contributed by atoms with Gasteiger partial charge < -0.3 is 4.90 Å². The summed E-state index contributed by atoms with van der Waals surface area (Å²) in [6.07, 6.45) is -0.825. The van der Waals surface area contributed by atoms with Gasteiger partial charge in [0.1, 0.15) is 0 Å². The first-order valence-corrected chi connectivity index (χ1v) is 7.06. The third-order valence-corrected chi connectivity index (χ3v) is 4.10. The molecule has 1 heterocycles. The first-order valence-electron chi connectivity index (χ1n) is 7.06. The van der Waals surface area contributed by atoms with Gasteiger partial charge in [-0.3, -0.25) is 4.90 Å². The van der Waals surface area contributed by atoms with Gasteiger partial charge in [0.2, 0.25) is 0 Å². The Kier molecular flexibility index (Phi) is 4.30. The fourth-order valence-corrected chi connectivity index (χ4v) is 3.20. The van der Waals surface area contributed by atoms with Gasteiger partial charge in [-0.1, -0.05) is 24.6 Å². The van der Waals surface area contributed by atoms with Crippen LogP contribution >= 0.6 is 0 Å². The molecule has 2 nitrogen and oxygen atoms in total. The summed E-state index contributed by atoms with van der Waals surface area (Å²) in [5.74, 6) is 0. The molecule has 0 radical (unpaired) electrons. The second kappa shape index (κ2) is 5.53. The van der Waals surface area contributed by atoms with Crippen LogP contribution in [0.3, 0.4) is 0 Å². The third-order valence-electron chi connectivity index (χ3n) is 4.10. The molecule has 20 heavy (non-hydrogen) atoms. The van der Waals surface area contributed by atoms with Crippen LogP contribution in [0.5, 0.6) is 0 Å². The number of likely N-dealkylation sites (N-methyl/N-ethyl adjacent to an activating group) is 1. The Balaban J connectivity index is 2.10. The number of hydrogen-bond donors (Lipinski definition) is 0. The van der Waals surface area contributed by atoms with E-state index in [4.69, 9.17) is 0 Å². The van der Waals surface area contributed by atoms with Crippen LogP contribution in [0.2, 0.25) is 0 Å².